The lowest BCUT2D eigenvalue weighted by molar-refractivity contribution is -0.121. The fraction of sp³-hybridized carbons (Fsp3) is 0.565. The summed E-state index contributed by atoms with van der Waals surface area (Å²) in [6, 6.07) is 8.28. The number of fused-ring (bicyclic) bond motifs is 1. The molecule has 0 bridgehead atoms. The predicted octanol–water partition coefficient (Wildman–Crippen LogP) is 3.14. The molecule has 162 valence electrons. The van der Waals surface area contributed by atoms with Gasteiger partial charge in [0.05, 0.1) is 12.0 Å². The smallest absolute Gasteiger partial charge is 0.317 e. The van der Waals surface area contributed by atoms with Gasteiger partial charge in [0.15, 0.2) is 0 Å². The fourth-order valence-corrected chi connectivity index (χ4v) is 5.13. The Morgan fingerprint density at radius 2 is 1.80 bits per heavy atom. The minimum absolute atomic E-state index is 0.0730. The van der Waals surface area contributed by atoms with Crippen LogP contribution in [0.2, 0.25) is 0 Å². The summed E-state index contributed by atoms with van der Waals surface area (Å²) >= 11 is 1.71. The van der Waals surface area contributed by atoms with Gasteiger partial charge in [0.1, 0.15) is 0 Å². The van der Waals surface area contributed by atoms with Gasteiger partial charge in [-0.1, -0.05) is 12.1 Å². The van der Waals surface area contributed by atoms with Crippen LogP contribution in [0.15, 0.2) is 34.9 Å². The van der Waals surface area contributed by atoms with Gasteiger partial charge in [-0.3, -0.25) is 4.79 Å². The highest BCUT2D eigenvalue weighted by molar-refractivity contribution is 7.98. The molecular weight excluding hydrogens is 396 g/mol. The Hall–Kier alpha value is -2.15. The van der Waals surface area contributed by atoms with Gasteiger partial charge < -0.3 is 20.9 Å². The Morgan fingerprint density at radius 1 is 1.13 bits per heavy atom. The molecule has 2 unspecified atom stereocenters. The van der Waals surface area contributed by atoms with Crippen LogP contribution in [0, 0.1) is 11.8 Å². The van der Waals surface area contributed by atoms with Gasteiger partial charge in [-0.2, -0.15) is 0 Å². The highest BCUT2D eigenvalue weighted by Gasteiger charge is 2.50. The number of hydrogen-bond donors (Lipinski definition) is 2. The van der Waals surface area contributed by atoms with Crippen LogP contribution in [0.4, 0.5) is 4.79 Å². The molecule has 1 aromatic rings. The first-order valence-electron chi connectivity index (χ1n) is 10.7. The largest absolute Gasteiger partial charge is 0.369 e. The Bertz CT molecular complexity index is 870. The average molecular weight is 429 g/mol. The van der Waals surface area contributed by atoms with Crippen LogP contribution in [-0.2, 0) is 4.79 Å². The van der Waals surface area contributed by atoms with Crippen molar-refractivity contribution in [2.24, 2.45) is 17.6 Å². The number of primary amides is 1. The number of nitrogens with two attached hydrogens (primary N) is 1. The normalized spacial score (nSPS) is 24.1. The van der Waals surface area contributed by atoms with E-state index in [0.29, 0.717) is 19.0 Å². The molecule has 4 rings (SSSR count). The van der Waals surface area contributed by atoms with Crippen molar-refractivity contribution in [3.8, 4) is 0 Å². The Balaban J connectivity index is 1.67. The molecule has 1 saturated carbocycles. The van der Waals surface area contributed by atoms with Crippen LogP contribution >= 0.6 is 11.8 Å². The molecule has 6 nitrogen and oxygen atoms in total. The van der Waals surface area contributed by atoms with Crippen molar-refractivity contribution in [3.63, 3.8) is 0 Å². The lowest BCUT2D eigenvalue weighted by atomic mass is 9.87. The second-order valence-corrected chi connectivity index (χ2v) is 10.4. The van der Waals surface area contributed by atoms with Crippen LogP contribution in [-0.4, -0.2) is 59.2 Å². The fourth-order valence-electron chi connectivity index (χ4n) is 4.73. The van der Waals surface area contributed by atoms with E-state index in [1.165, 1.54) is 10.6 Å². The van der Waals surface area contributed by atoms with Gasteiger partial charge in [-0.15, -0.1) is 11.8 Å². The molecule has 3 N–H and O–H groups in total. The first-order valence-corrected chi connectivity index (χ1v) is 11.9. The summed E-state index contributed by atoms with van der Waals surface area (Å²) < 4.78 is 0. The third kappa shape index (κ3) is 4.04. The number of allylic oxidation sites excluding steroid dienone is 1. The van der Waals surface area contributed by atoms with Gasteiger partial charge in [-0.25, -0.2) is 4.79 Å². The standard InChI is InChI=1S/C23H32N4O2S/c1-23(2,3)25-22(29)26-11-12-27-17(13-26)19(21(24)28)18(20(27)15-5-6-15)14-7-9-16(30-4)10-8-14/h7-10,15,17,19H,5-6,11-13H2,1-4H3,(H2,24,28)(H,25,29). The lowest BCUT2D eigenvalue weighted by Crippen LogP contribution is -2.59. The number of rotatable bonds is 4. The average Bonchev–Trinajstić information content (AvgIpc) is 3.46. The SMILES string of the molecule is CSc1ccc(C2=C(C3CC3)N3CCN(C(=O)NC(C)(C)C)CC3C2C(N)=O)cc1. The molecule has 2 heterocycles. The van der Waals surface area contributed by atoms with E-state index in [0.717, 1.165) is 30.5 Å². The maximum atomic E-state index is 12.8. The quantitative estimate of drug-likeness (QED) is 0.722. The second-order valence-electron chi connectivity index (χ2n) is 9.57. The van der Waals surface area contributed by atoms with Crippen molar-refractivity contribution in [1.82, 2.24) is 15.1 Å². The van der Waals surface area contributed by atoms with E-state index in [-0.39, 0.29) is 23.5 Å². The molecule has 0 radical (unpaired) electrons. The summed E-state index contributed by atoms with van der Waals surface area (Å²) in [7, 11) is 0. The molecule has 2 atom stereocenters. The first-order chi connectivity index (χ1) is 14.2. The third-order valence-electron chi connectivity index (χ3n) is 6.14. The Morgan fingerprint density at radius 3 is 2.33 bits per heavy atom. The van der Waals surface area contributed by atoms with E-state index < -0.39 is 5.92 Å². The zero-order valence-electron chi connectivity index (χ0n) is 18.3. The second kappa shape index (κ2) is 7.84. The molecule has 1 aromatic carbocycles. The van der Waals surface area contributed by atoms with Crippen molar-refractivity contribution in [3.05, 3.63) is 35.5 Å². The maximum Gasteiger partial charge on any atom is 0.317 e. The van der Waals surface area contributed by atoms with Crippen molar-refractivity contribution in [1.29, 1.82) is 0 Å². The van der Waals surface area contributed by atoms with Crippen LogP contribution in [0.1, 0.15) is 39.2 Å². The van der Waals surface area contributed by atoms with Gasteiger partial charge in [0, 0.05) is 35.8 Å². The summed E-state index contributed by atoms with van der Waals surface area (Å²) in [5, 5.41) is 3.05. The Labute approximate surface area is 183 Å². The van der Waals surface area contributed by atoms with Gasteiger partial charge >= 0.3 is 6.03 Å². The zero-order valence-corrected chi connectivity index (χ0v) is 19.1. The topological polar surface area (TPSA) is 78.7 Å². The highest BCUT2D eigenvalue weighted by atomic mass is 32.2. The molecule has 0 spiro atoms. The number of benzene rings is 1. The monoisotopic (exact) mass is 428 g/mol. The molecule has 7 heteroatoms. The van der Waals surface area contributed by atoms with E-state index in [1.54, 1.807) is 11.8 Å². The summed E-state index contributed by atoms with van der Waals surface area (Å²) in [5.41, 5.74) is 9.13. The van der Waals surface area contributed by atoms with Gasteiger partial charge in [0.2, 0.25) is 5.91 Å². The summed E-state index contributed by atoms with van der Waals surface area (Å²) in [6.45, 7) is 7.84. The predicted molar refractivity (Wildman–Crippen MR) is 121 cm³/mol. The number of nitrogens with one attached hydrogen (secondary N) is 1. The maximum absolute atomic E-state index is 12.8. The van der Waals surface area contributed by atoms with Crippen LogP contribution in [0.5, 0.6) is 0 Å². The van der Waals surface area contributed by atoms with E-state index in [4.69, 9.17) is 5.73 Å². The number of hydrogen-bond acceptors (Lipinski definition) is 4. The summed E-state index contributed by atoms with van der Waals surface area (Å²) in [6.07, 6.45) is 4.37. The molecule has 30 heavy (non-hydrogen) atoms. The number of carbonyl (C=O) groups is 2. The minimum atomic E-state index is -0.397. The van der Waals surface area contributed by atoms with E-state index in [2.05, 4.69) is 40.7 Å². The molecule has 2 aliphatic heterocycles. The molecule has 2 fully saturated rings. The van der Waals surface area contributed by atoms with Gasteiger partial charge in [0.25, 0.3) is 0 Å². The number of carbonyl (C=O) groups excluding carboxylic acids is 2. The summed E-state index contributed by atoms with van der Waals surface area (Å²) in [5.74, 6) is -0.198. The van der Waals surface area contributed by atoms with Crippen molar-refractivity contribution in [2.75, 3.05) is 25.9 Å². The highest BCUT2D eigenvalue weighted by Crippen LogP contribution is 2.51. The Kier molecular flexibility index (Phi) is 5.51. The molecule has 0 aromatic heterocycles. The number of piperazine rings is 1. The molecular formula is C23H32N4O2S. The van der Waals surface area contributed by atoms with Crippen molar-refractivity contribution < 1.29 is 9.59 Å². The van der Waals surface area contributed by atoms with Crippen LogP contribution < -0.4 is 11.1 Å². The minimum Gasteiger partial charge on any atom is -0.369 e. The number of thioether (sulfide) groups is 1. The number of urea groups is 1. The molecule has 3 aliphatic rings. The number of nitrogens with zero attached hydrogens (tertiary/aromatic N) is 2. The zero-order chi connectivity index (χ0) is 21.6. The van der Waals surface area contributed by atoms with Crippen molar-refractivity contribution >= 4 is 29.3 Å². The van der Waals surface area contributed by atoms with E-state index in [1.807, 2.05) is 25.7 Å². The van der Waals surface area contributed by atoms with Crippen molar-refractivity contribution in [2.45, 2.75) is 50.1 Å². The summed E-state index contributed by atoms with van der Waals surface area (Å²) in [4.78, 5) is 30.9. The van der Waals surface area contributed by atoms with Crippen LogP contribution in [0.3, 0.4) is 0 Å². The molecule has 3 amide bonds. The third-order valence-corrected chi connectivity index (χ3v) is 6.88. The van der Waals surface area contributed by atoms with Gasteiger partial charge in [-0.05, 0) is 69.1 Å². The van der Waals surface area contributed by atoms with E-state index >= 15 is 0 Å². The van der Waals surface area contributed by atoms with Crippen LogP contribution in [0.25, 0.3) is 5.57 Å². The first kappa shape index (κ1) is 21.1. The number of amides is 3. The lowest BCUT2D eigenvalue weighted by Gasteiger charge is -2.42. The van der Waals surface area contributed by atoms with E-state index in [9.17, 15) is 9.59 Å². The molecule has 1 aliphatic carbocycles. The molecule has 1 saturated heterocycles.